The zero-order valence-electron chi connectivity index (χ0n) is 15.5. The van der Waals surface area contributed by atoms with E-state index in [4.69, 9.17) is 4.74 Å². The number of aryl methyl sites for hydroxylation is 2. The molecule has 0 spiro atoms. The topological polar surface area (TPSA) is 80.3 Å². The second-order valence-electron chi connectivity index (χ2n) is 6.28. The van der Waals surface area contributed by atoms with Gasteiger partial charge < -0.3 is 15.4 Å². The van der Waals surface area contributed by atoms with Crippen LogP contribution in [-0.4, -0.2) is 23.4 Å². The Balaban J connectivity index is 1.55. The number of rotatable bonds is 6. The molecule has 6 nitrogen and oxygen atoms in total. The van der Waals surface area contributed by atoms with E-state index in [-0.39, 0.29) is 18.2 Å². The van der Waals surface area contributed by atoms with Crippen LogP contribution in [0.15, 0.2) is 36.4 Å². The van der Waals surface area contributed by atoms with Crippen molar-refractivity contribution in [2.45, 2.75) is 27.2 Å². The Kier molecular flexibility index (Phi) is 5.71. The van der Waals surface area contributed by atoms with E-state index in [2.05, 4.69) is 15.6 Å². The molecule has 2 N–H and O–H groups in total. The van der Waals surface area contributed by atoms with Gasteiger partial charge in [0.2, 0.25) is 11.8 Å². The molecule has 1 aromatic heterocycles. The summed E-state index contributed by atoms with van der Waals surface area (Å²) in [5.41, 5.74) is 3.84. The Morgan fingerprint density at radius 2 is 1.89 bits per heavy atom. The number of hydrogen-bond acceptors (Lipinski definition) is 5. The number of nitrogens with zero attached hydrogens (tertiary/aromatic N) is 1. The second-order valence-corrected chi connectivity index (χ2v) is 7.31. The maximum absolute atomic E-state index is 12.1. The molecule has 0 fully saturated rings. The number of carbonyl (C=O) groups is 2. The van der Waals surface area contributed by atoms with E-state index >= 15 is 0 Å². The summed E-state index contributed by atoms with van der Waals surface area (Å²) in [4.78, 5) is 27.7. The Labute approximate surface area is 161 Å². The van der Waals surface area contributed by atoms with E-state index in [0.717, 1.165) is 21.5 Å². The zero-order valence-corrected chi connectivity index (χ0v) is 16.3. The highest BCUT2D eigenvalue weighted by Gasteiger charge is 2.09. The van der Waals surface area contributed by atoms with Crippen molar-refractivity contribution < 1.29 is 14.3 Å². The van der Waals surface area contributed by atoms with Crippen molar-refractivity contribution in [2.24, 2.45) is 0 Å². The molecule has 2 aromatic carbocycles. The first-order valence-corrected chi connectivity index (χ1v) is 9.40. The number of nitrogens with one attached hydrogen (secondary N) is 2. The molecule has 7 heteroatoms. The van der Waals surface area contributed by atoms with Gasteiger partial charge in [0.1, 0.15) is 5.75 Å². The van der Waals surface area contributed by atoms with Gasteiger partial charge in [-0.15, -0.1) is 0 Å². The highest BCUT2D eigenvalue weighted by atomic mass is 32.1. The summed E-state index contributed by atoms with van der Waals surface area (Å²) in [5, 5.41) is 6.06. The van der Waals surface area contributed by atoms with Gasteiger partial charge in [-0.25, -0.2) is 4.98 Å². The highest BCUT2D eigenvalue weighted by molar-refractivity contribution is 7.22. The van der Waals surface area contributed by atoms with Crippen molar-refractivity contribution in [1.82, 2.24) is 4.98 Å². The first kappa shape index (κ1) is 18.8. The molecule has 3 aromatic rings. The van der Waals surface area contributed by atoms with Gasteiger partial charge in [0.05, 0.1) is 23.2 Å². The van der Waals surface area contributed by atoms with Crippen molar-refractivity contribution >= 4 is 44.2 Å². The van der Waals surface area contributed by atoms with Crippen LogP contribution < -0.4 is 15.4 Å². The van der Waals surface area contributed by atoms with Gasteiger partial charge in [-0.3, -0.25) is 9.59 Å². The van der Waals surface area contributed by atoms with Crippen LogP contribution in [0.25, 0.3) is 10.2 Å². The Morgan fingerprint density at radius 3 is 2.63 bits per heavy atom. The Morgan fingerprint density at radius 1 is 1.07 bits per heavy atom. The number of benzene rings is 2. The third-order valence-electron chi connectivity index (χ3n) is 4.03. The van der Waals surface area contributed by atoms with E-state index in [9.17, 15) is 9.59 Å². The fourth-order valence-electron chi connectivity index (χ4n) is 2.51. The second kappa shape index (κ2) is 8.18. The summed E-state index contributed by atoms with van der Waals surface area (Å²) in [6, 6.07) is 11.3. The van der Waals surface area contributed by atoms with Gasteiger partial charge in [0.15, 0.2) is 5.13 Å². The van der Waals surface area contributed by atoms with E-state index in [0.29, 0.717) is 17.4 Å². The lowest BCUT2D eigenvalue weighted by Gasteiger charge is -2.08. The van der Waals surface area contributed by atoms with Gasteiger partial charge in [-0.2, -0.15) is 0 Å². The van der Waals surface area contributed by atoms with E-state index in [1.165, 1.54) is 23.8 Å². The zero-order chi connectivity index (χ0) is 19.4. The first-order valence-electron chi connectivity index (χ1n) is 8.59. The minimum atomic E-state index is -0.153. The number of fused-ring (bicyclic) bond motifs is 1. The molecule has 0 unspecified atom stereocenters. The van der Waals surface area contributed by atoms with Gasteiger partial charge in [-0.05, 0) is 55.3 Å². The Bertz CT molecular complexity index is 997. The van der Waals surface area contributed by atoms with Crippen LogP contribution in [0, 0.1) is 13.8 Å². The van der Waals surface area contributed by atoms with Crippen LogP contribution in [0.3, 0.4) is 0 Å². The lowest BCUT2D eigenvalue weighted by atomic mass is 10.1. The van der Waals surface area contributed by atoms with Crippen LogP contribution in [0.4, 0.5) is 10.8 Å². The average molecular weight is 383 g/mol. The average Bonchev–Trinajstić information content (AvgIpc) is 2.99. The van der Waals surface area contributed by atoms with Gasteiger partial charge in [0.25, 0.3) is 0 Å². The standard InChI is InChI=1S/C20H21N3O3S/c1-12-4-6-16(10-13(12)2)26-9-8-19(25)23-20-22-17-7-5-15(21-14(3)24)11-18(17)27-20/h4-7,10-11H,8-9H2,1-3H3,(H,21,24)(H,22,23,25). The van der Waals surface area contributed by atoms with Crippen LogP contribution in [0.2, 0.25) is 0 Å². The van der Waals surface area contributed by atoms with Crippen LogP contribution in [0.5, 0.6) is 5.75 Å². The van der Waals surface area contributed by atoms with Crippen LogP contribution in [-0.2, 0) is 9.59 Å². The van der Waals surface area contributed by atoms with Crippen LogP contribution >= 0.6 is 11.3 Å². The predicted octanol–water partition coefficient (Wildman–Crippen LogP) is 4.28. The maximum atomic E-state index is 12.1. The molecule has 0 aliphatic rings. The van der Waals surface area contributed by atoms with Crippen LogP contribution in [0.1, 0.15) is 24.5 Å². The smallest absolute Gasteiger partial charge is 0.229 e. The molecule has 0 saturated heterocycles. The first-order chi connectivity index (χ1) is 12.9. The van der Waals surface area contributed by atoms with E-state index in [1.54, 1.807) is 6.07 Å². The fourth-order valence-corrected chi connectivity index (χ4v) is 3.43. The van der Waals surface area contributed by atoms with Crippen molar-refractivity contribution in [3.63, 3.8) is 0 Å². The van der Waals surface area contributed by atoms with Gasteiger partial charge >= 0.3 is 0 Å². The molecule has 0 saturated carbocycles. The molecule has 0 atom stereocenters. The molecule has 0 bridgehead atoms. The molecule has 140 valence electrons. The minimum absolute atomic E-state index is 0.129. The molecule has 0 aliphatic heterocycles. The van der Waals surface area contributed by atoms with Crippen molar-refractivity contribution in [3.05, 3.63) is 47.5 Å². The van der Waals surface area contributed by atoms with Crippen molar-refractivity contribution in [3.8, 4) is 5.75 Å². The summed E-state index contributed by atoms with van der Waals surface area (Å²) < 4.78 is 6.54. The molecule has 3 rings (SSSR count). The largest absolute Gasteiger partial charge is 0.493 e. The third-order valence-corrected chi connectivity index (χ3v) is 4.96. The highest BCUT2D eigenvalue weighted by Crippen LogP contribution is 2.28. The molecule has 0 aliphatic carbocycles. The lowest BCUT2D eigenvalue weighted by molar-refractivity contribution is -0.116. The van der Waals surface area contributed by atoms with E-state index in [1.807, 2.05) is 44.2 Å². The normalized spacial score (nSPS) is 10.6. The number of hydrogen-bond donors (Lipinski definition) is 2. The maximum Gasteiger partial charge on any atom is 0.229 e. The Hall–Kier alpha value is -2.93. The van der Waals surface area contributed by atoms with E-state index < -0.39 is 0 Å². The number of anilines is 2. The number of amides is 2. The monoisotopic (exact) mass is 383 g/mol. The molecule has 2 amide bonds. The summed E-state index contributed by atoms with van der Waals surface area (Å²) >= 11 is 1.37. The summed E-state index contributed by atoms with van der Waals surface area (Å²) in [6.07, 6.45) is 0.236. The summed E-state index contributed by atoms with van der Waals surface area (Å²) in [6.45, 7) is 5.83. The van der Waals surface area contributed by atoms with Gasteiger partial charge in [0, 0.05) is 12.6 Å². The summed E-state index contributed by atoms with van der Waals surface area (Å²) in [5.74, 6) is 0.479. The molecule has 0 radical (unpaired) electrons. The van der Waals surface area contributed by atoms with Crippen molar-refractivity contribution in [2.75, 3.05) is 17.2 Å². The molecular formula is C20H21N3O3S. The van der Waals surface area contributed by atoms with Crippen molar-refractivity contribution in [1.29, 1.82) is 0 Å². The van der Waals surface area contributed by atoms with Gasteiger partial charge in [-0.1, -0.05) is 17.4 Å². The quantitative estimate of drug-likeness (QED) is 0.666. The molecular weight excluding hydrogens is 362 g/mol. The number of thiazole rings is 1. The number of ether oxygens (including phenoxy) is 1. The SMILES string of the molecule is CC(=O)Nc1ccc2nc(NC(=O)CCOc3ccc(C)c(C)c3)sc2c1. The minimum Gasteiger partial charge on any atom is -0.493 e. The third kappa shape index (κ3) is 5.04. The lowest BCUT2D eigenvalue weighted by Crippen LogP contribution is -2.15. The summed E-state index contributed by atoms with van der Waals surface area (Å²) in [7, 11) is 0. The molecule has 27 heavy (non-hydrogen) atoms. The predicted molar refractivity (Wildman–Crippen MR) is 109 cm³/mol. The number of carbonyl (C=O) groups excluding carboxylic acids is 2. The fraction of sp³-hybridized carbons (Fsp3) is 0.250. The number of aromatic nitrogens is 1. The molecule has 1 heterocycles.